The molecule has 0 aliphatic heterocycles. The van der Waals surface area contributed by atoms with Gasteiger partial charge in [0.1, 0.15) is 0 Å². The lowest BCUT2D eigenvalue weighted by Gasteiger charge is -2.32. The van der Waals surface area contributed by atoms with Crippen LogP contribution in [0.1, 0.15) is 71.6 Å². The molecule has 2 aliphatic carbocycles. The topological polar surface area (TPSA) is 55.1 Å². The van der Waals surface area contributed by atoms with Gasteiger partial charge in [-0.05, 0) is 56.3 Å². The van der Waals surface area contributed by atoms with E-state index in [4.69, 9.17) is 5.73 Å². The van der Waals surface area contributed by atoms with Crippen LogP contribution in [0.2, 0.25) is 0 Å². The van der Waals surface area contributed by atoms with Crippen LogP contribution in [0.15, 0.2) is 0 Å². The number of nitrogens with two attached hydrogens (primary N) is 1. The van der Waals surface area contributed by atoms with Gasteiger partial charge in [-0.2, -0.15) is 0 Å². The van der Waals surface area contributed by atoms with Gasteiger partial charge in [-0.25, -0.2) is 0 Å². The van der Waals surface area contributed by atoms with E-state index in [1.807, 2.05) is 0 Å². The maximum Gasteiger partial charge on any atom is 0.223 e. The van der Waals surface area contributed by atoms with E-state index in [1.165, 1.54) is 32.1 Å². The van der Waals surface area contributed by atoms with Gasteiger partial charge in [-0.3, -0.25) is 4.79 Å². The molecular weight excluding hydrogens is 248 g/mol. The molecule has 0 aromatic rings. The largest absolute Gasteiger partial charge is 0.355 e. The molecule has 0 heterocycles. The third-order valence-electron chi connectivity index (χ3n) is 5.29. The zero-order chi connectivity index (χ0) is 14.6. The summed E-state index contributed by atoms with van der Waals surface area (Å²) in [7, 11) is 0. The number of carbonyl (C=O) groups is 1. The monoisotopic (exact) mass is 280 g/mol. The van der Waals surface area contributed by atoms with Gasteiger partial charge in [0.25, 0.3) is 0 Å². The third-order valence-corrected chi connectivity index (χ3v) is 5.29. The maximum atomic E-state index is 12.3. The molecule has 3 N–H and O–H groups in total. The predicted molar refractivity (Wildman–Crippen MR) is 83.3 cm³/mol. The normalized spacial score (nSPS) is 29.6. The minimum Gasteiger partial charge on any atom is -0.355 e. The Bertz CT molecular complexity index is 313. The van der Waals surface area contributed by atoms with E-state index in [2.05, 4.69) is 19.2 Å². The van der Waals surface area contributed by atoms with Crippen LogP contribution in [0.5, 0.6) is 0 Å². The summed E-state index contributed by atoms with van der Waals surface area (Å²) in [6, 6.07) is 0.321. The smallest absolute Gasteiger partial charge is 0.223 e. The number of hydrogen-bond donors (Lipinski definition) is 2. The summed E-state index contributed by atoms with van der Waals surface area (Å²) in [5.74, 6) is 1.22. The molecule has 2 aliphatic rings. The summed E-state index contributed by atoms with van der Waals surface area (Å²) >= 11 is 0. The first-order valence-corrected chi connectivity index (χ1v) is 8.54. The van der Waals surface area contributed by atoms with Crippen molar-refractivity contribution in [1.29, 1.82) is 0 Å². The summed E-state index contributed by atoms with van der Waals surface area (Å²) in [6.07, 6.45) is 10.5. The number of rotatable bonds is 5. The molecule has 0 atom stereocenters. The van der Waals surface area contributed by atoms with Gasteiger partial charge in [0.15, 0.2) is 0 Å². The van der Waals surface area contributed by atoms with Crippen molar-refractivity contribution >= 4 is 5.91 Å². The summed E-state index contributed by atoms with van der Waals surface area (Å²) in [4.78, 5) is 12.3. The number of nitrogens with one attached hydrogen (secondary N) is 1. The SMILES string of the molecule is CC(C)CC1(CNC(=O)C2CCC(N)CC2)CCCC1. The van der Waals surface area contributed by atoms with Crippen LogP contribution in [-0.2, 0) is 4.79 Å². The maximum absolute atomic E-state index is 12.3. The van der Waals surface area contributed by atoms with Gasteiger partial charge in [0.05, 0.1) is 0 Å². The molecule has 3 heteroatoms. The fraction of sp³-hybridized carbons (Fsp3) is 0.941. The molecule has 0 radical (unpaired) electrons. The van der Waals surface area contributed by atoms with Gasteiger partial charge >= 0.3 is 0 Å². The van der Waals surface area contributed by atoms with Crippen LogP contribution in [0.3, 0.4) is 0 Å². The molecular formula is C17H32N2O. The first-order valence-electron chi connectivity index (χ1n) is 8.54. The van der Waals surface area contributed by atoms with Crippen molar-refractivity contribution in [3.05, 3.63) is 0 Å². The molecule has 2 saturated carbocycles. The second-order valence-electron chi connectivity index (χ2n) is 7.63. The molecule has 116 valence electrons. The minimum absolute atomic E-state index is 0.215. The number of amides is 1. The highest BCUT2D eigenvalue weighted by Crippen LogP contribution is 2.42. The Morgan fingerprint density at radius 3 is 2.35 bits per heavy atom. The fourth-order valence-electron chi connectivity index (χ4n) is 4.24. The van der Waals surface area contributed by atoms with Crippen LogP contribution in [0, 0.1) is 17.3 Å². The first-order chi connectivity index (χ1) is 9.51. The Morgan fingerprint density at radius 1 is 1.20 bits per heavy atom. The second kappa shape index (κ2) is 6.93. The Kier molecular flexibility index (Phi) is 5.48. The molecule has 0 saturated heterocycles. The number of carbonyl (C=O) groups excluding carboxylic acids is 1. The zero-order valence-electron chi connectivity index (χ0n) is 13.3. The van der Waals surface area contributed by atoms with Gasteiger partial charge in [0.2, 0.25) is 5.91 Å². The van der Waals surface area contributed by atoms with Crippen molar-refractivity contribution < 1.29 is 4.79 Å². The van der Waals surface area contributed by atoms with Crippen LogP contribution in [-0.4, -0.2) is 18.5 Å². The fourth-order valence-corrected chi connectivity index (χ4v) is 4.24. The van der Waals surface area contributed by atoms with Gasteiger partial charge in [-0.15, -0.1) is 0 Å². The molecule has 2 rings (SSSR count). The molecule has 2 fully saturated rings. The van der Waals surface area contributed by atoms with E-state index in [1.54, 1.807) is 0 Å². The Labute approximate surface area is 124 Å². The Hall–Kier alpha value is -0.570. The highest BCUT2D eigenvalue weighted by atomic mass is 16.1. The average molecular weight is 280 g/mol. The molecule has 0 aromatic carbocycles. The van der Waals surface area contributed by atoms with Crippen LogP contribution in [0.25, 0.3) is 0 Å². The number of hydrogen-bond acceptors (Lipinski definition) is 2. The second-order valence-corrected chi connectivity index (χ2v) is 7.63. The van der Waals surface area contributed by atoms with Crippen molar-refractivity contribution in [2.75, 3.05) is 6.54 Å². The first kappa shape index (κ1) is 15.8. The van der Waals surface area contributed by atoms with Crippen LogP contribution in [0.4, 0.5) is 0 Å². The molecule has 1 amide bonds. The highest BCUT2D eigenvalue weighted by Gasteiger charge is 2.35. The quantitative estimate of drug-likeness (QED) is 0.812. The highest BCUT2D eigenvalue weighted by molar-refractivity contribution is 5.78. The van der Waals surface area contributed by atoms with Crippen LogP contribution < -0.4 is 11.1 Å². The van der Waals surface area contributed by atoms with E-state index in [0.29, 0.717) is 11.5 Å². The van der Waals surface area contributed by atoms with E-state index in [-0.39, 0.29) is 11.8 Å². The summed E-state index contributed by atoms with van der Waals surface area (Å²) < 4.78 is 0. The minimum atomic E-state index is 0.215. The van der Waals surface area contributed by atoms with Crippen molar-refractivity contribution in [2.24, 2.45) is 23.0 Å². The molecule has 0 bridgehead atoms. The van der Waals surface area contributed by atoms with Crippen molar-refractivity contribution in [3.8, 4) is 0 Å². The Balaban J connectivity index is 1.81. The molecule has 20 heavy (non-hydrogen) atoms. The van der Waals surface area contributed by atoms with Gasteiger partial charge in [-0.1, -0.05) is 26.7 Å². The van der Waals surface area contributed by atoms with Crippen molar-refractivity contribution in [2.45, 2.75) is 77.7 Å². The van der Waals surface area contributed by atoms with Gasteiger partial charge < -0.3 is 11.1 Å². The van der Waals surface area contributed by atoms with E-state index < -0.39 is 0 Å². The van der Waals surface area contributed by atoms with Crippen LogP contribution >= 0.6 is 0 Å². The van der Waals surface area contributed by atoms with Crippen molar-refractivity contribution in [3.63, 3.8) is 0 Å². The van der Waals surface area contributed by atoms with Gasteiger partial charge in [0, 0.05) is 18.5 Å². The lowest BCUT2D eigenvalue weighted by atomic mass is 9.78. The Morgan fingerprint density at radius 2 is 1.80 bits per heavy atom. The molecule has 3 nitrogen and oxygen atoms in total. The van der Waals surface area contributed by atoms with Crippen molar-refractivity contribution in [1.82, 2.24) is 5.32 Å². The molecule has 0 spiro atoms. The van der Waals surface area contributed by atoms with E-state index >= 15 is 0 Å². The third kappa shape index (κ3) is 4.21. The lowest BCUT2D eigenvalue weighted by Crippen LogP contribution is -2.41. The average Bonchev–Trinajstić information content (AvgIpc) is 2.85. The molecule has 0 unspecified atom stereocenters. The zero-order valence-corrected chi connectivity index (χ0v) is 13.3. The lowest BCUT2D eigenvalue weighted by molar-refractivity contribution is -0.126. The summed E-state index contributed by atoms with van der Waals surface area (Å²) in [5.41, 5.74) is 6.30. The summed E-state index contributed by atoms with van der Waals surface area (Å²) in [5, 5.41) is 3.28. The van der Waals surface area contributed by atoms with E-state index in [9.17, 15) is 4.79 Å². The summed E-state index contributed by atoms with van der Waals surface area (Å²) in [6.45, 7) is 5.49. The molecule has 0 aromatic heterocycles. The predicted octanol–water partition coefficient (Wildman–Crippen LogP) is 3.23. The van der Waals surface area contributed by atoms with E-state index in [0.717, 1.165) is 38.1 Å². The standard InChI is InChI=1S/C17H32N2O/c1-13(2)11-17(9-3-4-10-17)12-19-16(20)14-5-7-15(18)8-6-14/h13-15H,3-12,18H2,1-2H3,(H,19,20).